The van der Waals surface area contributed by atoms with Gasteiger partial charge in [0.25, 0.3) is 5.91 Å². The third kappa shape index (κ3) is 8.52. The number of hydrogen-bond donors (Lipinski definition) is 2. The number of thiocarbonyl (C=S) groups is 1. The summed E-state index contributed by atoms with van der Waals surface area (Å²) in [5, 5.41) is 5.93. The van der Waals surface area contributed by atoms with Crippen LogP contribution in [-0.2, 0) is 0 Å². The van der Waals surface area contributed by atoms with Gasteiger partial charge in [-0.2, -0.15) is 0 Å². The number of rotatable bonds is 9. The monoisotopic (exact) mass is 414 g/mol. The van der Waals surface area contributed by atoms with Crippen molar-refractivity contribution in [2.24, 2.45) is 11.8 Å². The van der Waals surface area contributed by atoms with Crippen LogP contribution in [0.15, 0.2) is 48.5 Å². The third-order valence-electron chi connectivity index (χ3n) is 4.00. The van der Waals surface area contributed by atoms with Gasteiger partial charge in [0, 0.05) is 11.3 Å². The normalized spacial score (nSPS) is 10.7. The average Bonchev–Trinajstić information content (AvgIpc) is 2.67. The SMILES string of the molecule is CC(C)CCOc1ccc(C(=O)NC(=S)Nc2ccc(OCC(C)C)cc2)cc1. The maximum absolute atomic E-state index is 12.4. The van der Waals surface area contributed by atoms with Crippen LogP contribution in [0.25, 0.3) is 0 Å². The van der Waals surface area contributed by atoms with Crippen molar-refractivity contribution in [2.75, 3.05) is 18.5 Å². The highest BCUT2D eigenvalue weighted by Gasteiger charge is 2.09. The van der Waals surface area contributed by atoms with Gasteiger partial charge in [0.15, 0.2) is 5.11 Å². The molecule has 2 aromatic rings. The van der Waals surface area contributed by atoms with Crippen molar-refractivity contribution in [1.82, 2.24) is 5.32 Å². The van der Waals surface area contributed by atoms with Crippen LogP contribution in [-0.4, -0.2) is 24.2 Å². The van der Waals surface area contributed by atoms with Crippen LogP contribution in [0.4, 0.5) is 5.69 Å². The van der Waals surface area contributed by atoms with Gasteiger partial charge in [0.05, 0.1) is 13.2 Å². The molecule has 0 aliphatic rings. The number of anilines is 1. The largest absolute Gasteiger partial charge is 0.494 e. The third-order valence-corrected chi connectivity index (χ3v) is 4.21. The minimum absolute atomic E-state index is 0.239. The number of ether oxygens (including phenoxy) is 2. The van der Waals surface area contributed by atoms with Gasteiger partial charge in [-0.25, -0.2) is 0 Å². The van der Waals surface area contributed by atoms with Crippen molar-refractivity contribution in [1.29, 1.82) is 0 Å². The highest BCUT2D eigenvalue weighted by Crippen LogP contribution is 2.17. The van der Waals surface area contributed by atoms with Gasteiger partial charge in [-0.1, -0.05) is 27.7 Å². The Hall–Kier alpha value is -2.60. The van der Waals surface area contributed by atoms with E-state index in [2.05, 4.69) is 38.3 Å². The van der Waals surface area contributed by atoms with Gasteiger partial charge in [0.2, 0.25) is 0 Å². The number of hydrogen-bond acceptors (Lipinski definition) is 4. The van der Waals surface area contributed by atoms with Crippen molar-refractivity contribution in [3.63, 3.8) is 0 Å². The molecule has 2 aromatic carbocycles. The number of benzene rings is 2. The second kappa shape index (κ2) is 11.4. The summed E-state index contributed by atoms with van der Waals surface area (Å²) in [6.45, 7) is 9.85. The fourth-order valence-corrected chi connectivity index (χ4v) is 2.56. The molecule has 0 aromatic heterocycles. The molecule has 0 bridgehead atoms. The van der Waals surface area contributed by atoms with E-state index in [9.17, 15) is 4.79 Å². The Balaban J connectivity index is 1.81. The van der Waals surface area contributed by atoms with E-state index in [4.69, 9.17) is 21.7 Å². The molecule has 0 saturated carbocycles. The first-order valence-corrected chi connectivity index (χ1v) is 10.3. The molecule has 29 heavy (non-hydrogen) atoms. The lowest BCUT2D eigenvalue weighted by Gasteiger charge is -2.12. The second-order valence-corrected chi connectivity index (χ2v) is 8.10. The predicted molar refractivity (Wildman–Crippen MR) is 122 cm³/mol. The molecule has 2 N–H and O–H groups in total. The Morgan fingerprint density at radius 3 is 2.07 bits per heavy atom. The van der Waals surface area contributed by atoms with E-state index in [1.165, 1.54) is 0 Å². The predicted octanol–water partition coefficient (Wildman–Crippen LogP) is 5.27. The molecule has 0 heterocycles. The molecule has 6 heteroatoms. The smallest absolute Gasteiger partial charge is 0.257 e. The summed E-state index contributed by atoms with van der Waals surface area (Å²) in [6.07, 6.45) is 0.993. The van der Waals surface area contributed by atoms with Gasteiger partial charge in [-0.3, -0.25) is 10.1 Å². The fourth-order valence-electron chi connectivity index (χ4n) is 2.35. The zero-order chi connectivity index (χ0) is 21.2. The minimum atomic E-state index is -0.270. The summed E-state index contributed by atoms with van der Waals surface area (Å²) in [5.74, 6) is 2.35. The van der Waals surface area contributed by atoms with Crippen molar-refractivity contribution in [2.45, 2.75) is 34.1 Å². The highest BCUT2D eigenvalue weighted by molar-refractivity contribution is 7.80. The molecule has 1 amide bonds. The lowest BCUT2D eigenvalue weighted by Crippen LogP contribution is -2.34. The van der Waals surface area contributed by atoms with Crippen molar-refractivity contribution < 1.29 is 14.3 Å². The van der Waals surface area contributed by atoms with Crippen LogP contribution in [0.5, 0.6) is 11.5 Å². The number of carbonyl (C=O) groups excluding carboxylic acids is 1. The fraction of sp³-hybridized carbons (Fsp3) is 0.391. The summed E-state index contributed by atoms with van der Waals surface area (Å²) in [4.78, 5) is 12.4. The van der Waals surface area contributed by atoms with E-state index < -0.39 is 0 Å². The molecule has 0 spiro atoms. The van der Waals surface area contributed by atoms with Crippen molar-refractivity contribution in [3.05, 3.63) is 54.1 Å². The van der Waals surface area contributed by atoms with Gasteiger partial charge in [0.1, 0.15) is 11.5 Å². The Morgan fingerprint density at radius 2 is 1.48 bits per heavy atom. The van der Waals surface area contributed by atoms with Crippen molar-refractivity contribution >= 4 is 28.9 Å². The topological polar surface area (TPSA) is 59.6 Å². The van der Waals surface area contributed by atoms with E-state index in [0.29, 0.717) is 30.6 Å². The zero-order valence-electron chi connectivity index (χ0n) is 17.5. The molecule has 0 aliphatic carbocycles. The maximum Gasteiger partial charge on any atom is 0.257 e. The van der Waals surface area contributed by atoms with Crippen LogP contribution >= 0.6 is 12.2 Å². The van der Waals surface area contributed by atoms with E-state index in [-0.39, 0.29) is 11.0 Å². The Kier molecular flexibility index (Phi) is 8.93. The molecule has 0 saturated heterocycles. The molecule has 2 rings (SSSR count). The number of carbonyl (C=O) groups is 1. The van der Waals surface area contributed by atoms with Crippen LogP contribution in [0, 0.1) is 11.8 Å². The van der Waals surface area contributed by atoms with Crippen LogP contribution in [0.1, 0.15) is 44.5 Å². The second-order valence-electron chi connectivity index (χ2n) is 7.69. The van der Waals surface area contributed by atoms with Crippen molar-refractivity contribution in [3.8, 4) is 11.5 Å². The first-order valence-electron chi connectivity index (χ1n) is 9.91. The number of nitrogens with one attached hydrogen (secondary N) is 2. The lowest BCUT2D eigenvalue weighted by atomic mass is 10.1. The first-order chi connectivity index (χ1) is 13.8. The molecule has 0 fully saturated rings. The molecule has 5 nitrogen and oxygen atoms in total. The van der Waals surface area contributed by atoms with E-state index >= 15 is 0 Å². The maximum atomic E-state index is 12.4. The molecule has 0 aliphatic heterocycles. The van der Waals surface area contributed by atoms with Gasteiger partial charge in [-0.15, -0.1) is 0 Å². The van der Waals surface area contributed by atoms with Crippen LogP contribution in [0.3, 0.4) is 0 Å². The summed E-state index contributed by atoms with van der Waals surface area (Å²) < 4.78 is 11.3. The molecule has 0 unspecified atom stereocenters. The Labute approximate surface area is 178 Å². The van der Waals surface area contributed by atoms with E-state index in [1.807, 2.05) is 24.3 Å². The lowest BCUT2D eigenvalue weighted by molar-refractivity contribution is 0.0977. The zero-order valence-corrected chi connectivity index (χ0v) is 18.3. The van der Waals surface area contributed by atoms with E-state index in [0.717, 1.165) is 23.6 Å². The molecule has 0 radical (unpaired) electrons. The van der Waals surface area contributed by atoms with Gasteiger partial charge in [-0.05, 0) is 79.0 Å². The average molecular weight is 415 g/mol. The summed E-state index contributed by atoms with van der Waals surface area (Å²) in [6, 6.07) is 14.5. The first kappa shape index (κ1) is 22.7. The summed E-state index contributed by atoms with van der Waals surface area (Å²) in [7, 11) is 0. The molecular formula is C23H30N2O3S. The Bertz CT molecular complexity index is 787. The quantitative estimate of drug-likeness (QED) is 0.547. The highest BCUT2D eigenvalue weighted by atomic mass is 32.1. The summed E-state index contributed by atoms with van der Waals surface area (Å²) >= 11 is 5.24. The molecule has 0 atom stereocenters. The van der Waals surface area contributed by atoms with Gasteiger partial charge >= 0.3 is 0 Å². The van der Waals surface area contributed by atoms with Crippen LogP contribution in [0.2, 0.25) is 0 Å². The van der Waals surface area contributed by atoms with E-state index in [1.54, 1.807) is 24.3 Å². The minimum Gasteiger partial charge on any atom is -0.494 e. The number of amides is 1. The standard InChI is InChI=1S/C23H30N2O3S/c1-16(2)13-14-27-20-9-5-18(6-10-20)22(26)25-23(29)24-19-7-11-21(12-8-19)28-15-17(3)4/h5-12,16-17H,13-15H2,1-4H3,(H2,24,25,26,29). The molecular weight excluding hydrogens is 384 g/mol. The Morgan fingerprint density at radius 1 is 0.897 bits per heavy atom. The summed E-state index contributed by atoms with van der Waals surface area (Å²) in [5.41, 5.74) is 1.30. The van der Waals surface area contributed by atoms with Gasteiger partial charge < -0.3 is 14.8 Å². The van der Waals surface area contributed by atoms with Crippen LogP contribution < -0.4 is 20.1 Å². The molecule has 156 valence electrons.